The Hall–Kier alpha value is -2.63. The molecule has 0 unspecified atom stereocenters. The molecule has 1 aromatic carbocycles. The fourth-order valence-electron chi connectivity index (χ4n) is 2.28. The molecule has 2 aromatic rings. The van der Waals surface area contributed by atoms with Crippen LogP contribution in [0.3, 0.4) is 0 Å². The molecule has 0 N–H and O–H groups in total. The number of benzene rings is 1. The standard InChI is InChI=1S/C17H20N2O4/c1-12(2)14-5-7-15(8-6-14)23-11-10-18-13(3)4-9-16(17(18)20)19(21)22/h4-9,12H,10-11H2,1-3H3. The van der Waals surface area contributed by atoms with Crippen LogP contribution in [0.2, 0.25) is 0 Å². The summed E-state index contributed by atoms with van der Waals surface area (Å²) in [5, 5.41) is 10.8. The lowest BCUT2D eigenvalue weighted by atomic mass is 10.0. The molecule has 0 spiro atoms. The molecule has 0 bridgehead atoms. The van der Waals surface area contributed by atoms with Crippen molar-refractivity contribution in [2.75, 3.05) is 6.61 Å². The predicted octanol–water partition coefficient (Wildman–Crippen LogP) is 3.27. The lowest BCUT2D eigenvalue weighted by molar-refractivity contribution is -0.386. The van der Waals surface area contributed by atoms with E-state index in [1.807, 2.05) is 24.3 Å². The fraction of sp³-hybridized carbons (Fsp3) is 0.353. The van der Waals surface area contributed by atoms with E-state index in [-0.39, 0.29) is 13.2 Å². The smallest absolute Gasteiger partial charge is 0.334 e. The summed E-state index contributed by atoms with van der Waals surface area (Å²) in [4.78, 5) is 22.2. The Morgan fingerprint density at radius 1 is 1.17 bits per heavy atom. The summed E-state index contributed by atoms with van der Waals surface area (Å²) in [5.74, 6) is 1.17. The third kappa shape index (κ3) is 3.97. The van der Waals surface area contributed by atoms with E-state index in [0.29, 0.717) is 17.4 Å². The van der Waals surface area contributed by atoms with Crippen LogP contribution in [-0.4, -0.2) is 16.1 Å². The van der Waals surface area contributed by atoms with Crippen molar-refractivity contribution in [3.63, 3.8) is 0 Å². The molecule has 0 amide bonds. The Kier molecular flexibility index (Phi) is 5.16. The highest BCUT2D eigenvalue weighted by Crippen LogP contribution is 2.18. The van der Waals surface area contributed by atoms with E-state index in [1.54, 1.807) is 13.0 Å². The average molecular weight is 316 g/mol. The minimum atomic E-state index is -0.663. The minimum absolute atomic E-state index is 0.262. The zero-order valence-corrected chi connectivity index (χ0v) is 13.5. The molecule has 1 heterocycles. The van der Waals surface area contributed by atoms with Crippen LogP contribution < -0.4 is 10.3 Å². The van der Waals surface area contributed by atoms with Crippen LogP contribution in [0.15, 0.2) is 41.2 Å². The Labute approximate surface area is 134 Å². The van der Waals surface area contributed by atoms with Gasteiger partial charge >= 0.3 is 11.2 Å². The molecule has 0 fully saturated rings. The number of ether oxygens (including phenoxy) is 1. The van der Waals surface area contributed by atoms with Crippen molar-refractivity contribution in [3.8, 4) is 5.75 Å². The molecular weight excluding hydrogens is 296 g/mol. The highest BCUT2D eigenvalue weighted by Gasteiger charge is 2.15. The van der Waals surface area contributed by atoms with Gasteiger partial charge in [0.15, 0.2) is 0 Å². The number of nitrogens with zero attached hydrogens (tertiary/aromatic N) is 2. The second-order valence-electron chi connectivity index (χ2n) is 5.65. The van der Waals surface area contributed by atoms with Crippen LogP contribution in [-0.2, 0) is 6.54 Å². The van der Waals surface area contributed by atoms with Crippen LogP contribution in [0.1, 0.15) is 31.0 Å². The van der Waals surface area contributed by atoms with Crippen molar-refractivity contribution >= 4 is 5.69 Å². The van der Waals surface area contributed by atoms with Crippen molar-refractivity contribution in [2.24, 2.45) is 0 Å². The first kappa shape index (κ1) is 16.7. The SMILES string of the molecule is Cc1ccc([N+](=O)[O-])c(=O)n1CCOc1ccc(C(C)C)cc1. The van der Waals surface area contributed by atoms with E-state index in [0.717, 1.165) is 0 Å². The monoisotopic (exact) mass is 316 g/mol. The molecule has 0 saturated heterocycles. The minimum Gasteiger partial charge on any atom is -0.492 e. The Balaban J connectivity index is 2.05. The van der Waals surface area contributed by atoms with Gasteiger partial charge in [-0.05, 0) is 36.6 Å². The van der Waals surface area contributed by atoms with Crippen molar-refractivity contribution in [1.29, 1.82) is 0 Å². The predicted molar refractivity (Wildman–Crippen MR) is 88.1 cm³/mol. The summed E-state index contributed by atoms with van der Waals surface area (Å²) in [6.07, 6.45) is 0. The first-order valence-electron chi connectivity index (χ1n) is 7.47. The molecule has 1 aromatic heterocycles. The number of aryl methyl sites for hydroxylation is 1. The lowest BCUT2D eigenvalue weighted by Crippen LogP contribution is -2.26. The lowest BCUT2D eigenvalue weighted by Gasteiger charge is -2.11. The van der Waals surface area contributed by atoms with Gasteiger partial charge in [0.2, 0.25) is 0 Å². The number of hydrogen-bond donors (Lipinski definition) is 0. The Bertz CT molecular complexity index is 748. The normalized spacial score (nSPS) is 10.8. The molecule has 122 valence electrons. The summed E-state index contributed by atoms with van der Waals surface area (Å²) in [6.45, 7) is 6.50. The second-order valence-corrected chi connectivity index (χ2v) is 5.65. The van der Waals surface area contributed by atoms with Crippen LogP contribution in [0, 0.1) is 17.0 Å². The van der Waals surface area contributed by atoms with Gasteiger partial charge in [-0.2, -0.15) is 0 Å². The van der Waals surface area contributed by atoms with E-state index >= 15 is 0 Å². The summed E-state index contributed by atoms with van der Waals surface area (Å²) >= 11 is 0. The largest absolute Gasteiger partial charge is 0.492 e. The number of nitro groups is 1. The van der Waals surface area contributed by atoms with Crippen molar-refractivity contribution in [1.82, 2.24) is 4.57 Å². The summed E-state index contributed by atoms with van der Waals surface area (Å²) in [5.41, 5.74) is 0.869. The van der Waals surface area contributed by atoms with E-state index < -0.39 is 16.2 Å². The Morgan fingerprint density at radius 3 is 2.39 bits per heavy atom. The first-order valence-corrected chi connectivity index (χ1v) is 7.47. The van der Waals surface area contributed by atoms with Crippen LogP contribution in [0.5, 0.6) is 5.75 Å². The fourth-order valence-corrected chi connectivity index (χ4v) is 2.28. The maximum Gasteiger partial charge on any atom is 0.334 e. The molecule has 0 atom stereocenters. The topological polar surface area (TPSA) is 74.4 Å². The third-order valence-electron chi connectivity index (χ3n) is 3.70. The van der Waals surface area contributed by atoms with Gasteiger partial charge in [0.1, 0.15) is 12.4 Å². The molecule has 0 saturated carbocycles. The van der Waals surface area contributed by atoms with Crippen LogP contribution >= 0.6 is 0 Å². The van der Waals surface area contributed by atoms with Gasteiger partial charge < -0.3 is 9.30 Å². The number of pyridine rings is 1. The van der Waals surface area contributed by atoms with Gasteiger partial charge in [0.05, 0.1) is 11.5 Å². The van der Waals surface area contributed by atoms with E-state index in [4.69, 9.17) is 4.74 Å². The van der Waals surface area contributed by atoms with Gasteiger partial charge in [-0.15, -0.1) is 0 Å². The second kappa shape index (κ2) is 7.09. The molecule has 0 aliphatic carbocycles. The highest BCUT2D eigenvalue weighted by atomic mass is 16.6. The third-order valence-corrected chi connectivity index (χ3v) is 3.70. The summed E-state index contributed by atoms with van der Waals surface area (Å²) in [6, 6.07) is 10.6. The number of aromatic nitrogens is 1. The zero-order valence-electron chi connectivity index (χ0n) is 13.5. The molecule has 0 radical (unpaired) electrons. The maximum atomic E-state index is 12.1. The van der Waals surface area contributed by atoms with Crippen molar-refractivity contribution in [3.05, 3.63) is 68.1 Å². The quantitative estimate of drug-likeness (QED) is 0.605. The molecule has 6 nitrogen and oxygen atoms in total. The molecule has 0 aliphatic rings. The summed E-state index contributed by atoms with van der Waals surface area (Å²) in [7, 11) is 0. The van der Waals surface area contributed by atoms with E-state index in [9.17, 15) is 14.9 Å². The molecular formula is C17H20N2O4. The highest BCUT2D eigenvalue weighted by molar-refractivity contribution is 5.29. The maximum absolute atomic E-state index is 12.1. The van der Waals surface area contributed by atoms with Crippen molar-refractivity contribution in [2.45, 2.75) is 33.2 Å². The summed E-state index contributed by atoms with van der Waals surface area (Å²) < 4.78 is 6.99. The number of rotatable bonds is 6. The van der Waals surface area contributed by atoms with Crippen molar-refractivity contribution < 1.29 is 9.66 Å². The van der Waals surface area contributed by atoms with Gasteiger partial charge in [0, 0.05) is 11.8 Å². The van der Waals surface area contributed by atoms with E-state index in [2.05, 4.69) is 13.8 Å². The number of hydrogen-bond acceptors (Lipinski definition) is 4. The van der Waals surface area contributed by atoms with E-state index in [1.165, 1.54) is 16.2 Å². The van der Waals surface area contributed by atoms with Gasteiger partial charge in [-0.1, -0.05) is 26.0 Å². The van der Waals surface area contributed by atoms with Gasteiger partial charge in [-0.3, -0.25) is 14.9 Å². The molecule has 2 rings (SSSR count). The average Bonchev–Trinajstić information content (AvgIpc) is 2.50. The Morgan fingerprint density at radius 2 is 1.83 bits per heavy atom. The first-order chi connectivity index (χ1) is 10.9. The molecule has 6 heteroatoms. The van der Waals surface area contributed by atoms with Gasteiger partial charge in [0.25, 0.3) is 0 Å². The molecule has 0 aliphatic heterocycles. The van der Waals surface area contributed by atoms with Crippen LogP contribution in [0.4, 0.5) is 5.69 Å². The van der Waals surface area contributed by atoms with Crippen LogP contribution in [0.25, 0.3) is 0 Å². The molecule has 23 heavy (non-hydrogen) atoms. The van der Waals surface area contributed by atoms with Gasteiger partial charge in [-0.25, -0.2) is 0 Å². The zero-order chi connectivity index (χ0) is 17.0.